The number of carbonyl (C=O) groups excluding carboxylic acids is 2. The quantitative estimate of drug-likeness (QED) is 0.409. The lowest BCUT2D eigenvalue weighted by Gasteiger charge is -2.15. The topological polar surface area (TPSA) is 82.1 Å². The van der Waals surface area contributed by atoms with E-state index in [1.54, 1.807) is 53.4 Å². The second kappa shape index (κ2) is 8.96. The van der Waals surface area contributed by atoms with Crippen LogP contribution in [-0.2, 0) is 16.0 Å². The highest BCUT2D eigenvalue weighted by atomic mass is 35.5. The van der Waals surface area contributed by atoms with Crippen molar-refractivity contribution in [2.45, 2.75) is 33.1 Å². The first-order chi connectivity index (χ1) is 15.5. The van der Waals surface area contributed by atoms with Gasteiger partial charge in [-0.3, -0.25) is 14.5 Å². The normalized spacial score (nSPS) is 14.0. The van der Waals surface area contributed by atoms with Crippen molar-refractivity contribution < 1.29 is 19.3 Å². The fourth-order valence-corrected chi connectivity index (χ4v) is 3.99. The fraction of sp³-hybridized carbons (Fsp3) is 0.250. The van der Waals surface area contributed by atoms with Gasteiger partial charge in [-0.2, -0.15) is 9.67 Å². The van der Waals surface area contributed by atoms with Gasteiger partial charge in [-0.25, -0.2) is 4.68 Å². The molecule has 0 saturated carbocycles. The third-order valence-electron chi connectivity index (χ3n) is 5.29. The molecule has 32 heavy (non-hydrogen) atoms. The Morgan fingerprint density at radius 2 is 1.69 bits per heavy atom. The van der Waals surface area contributed by atoms with Crippen molar-refractivity contribution in [3.8, 4) is 11.6 Å². The highest BCUT2D eigenvalue weighted by Crippen LogP contribution is 2.37. The Morgan fingerprint density at radius 1 is 1.00 bits per heavy atom. The summed E-state index contributed by atoms with van der Waals surface area (Å²) in [5.74, 6) is -1.31. The summed E-state index contributed by atoms with van der Waals surface area (Å²) >= 11 is 5.99. The van der Waals surface area contributed by atoms with E-state index in [1.165, 1.54) is 9.58 Å². The molecule has 0 saturated heterocycles. The van der Waals surface area contributed by atoms with Crippen LogP contribution in [0.2, 0.25) is 5.02 Å². The Hall–Kier alpha value is -3.45. The zero-order chi connectivity index (χ0) is 22.8. The maximum atomic E-state index is 13.6. The number of amides is 2. The third-order valence-corrected chi connectivity index (χ3v) is 5.54. The summed E-state index contributed by atoms with van der Waals surface area (Å²) in [6.07, 6.45) is 5.24. The van der Waals surface area contributed by atoms with E-state index in [0.717, 1.165) is 6.42 Å². The first-order valence-electron chi connectivity index (χ1n) is 10.6. The van der Waals surface area contributed by atoms with Crippen LogP contribution in [0, 0.1) is 0 Å². The van der Waals surface area contributed by atoms with E-state index in [0.29, 0.717) is 29.2 Å². The SMILES string of the molecule is CCCc1nn(-c2ccc(Cl)cc2)c([O-])c1C1=C([n+]2ccccc2)C(=O)N(CCC)C1=O. The molecular formula is C24H23ClN4O3. The number of pyridine rings is 1. The smallest absolute Gasteiger partial charge is 0.326 e. The molecular weight excluding hydrogens is 428 g/mol. The van der Waals surface area contributed by atoms with Crippen molar-refractivity contribution in [1.82, 2.24) is 14.7 Å². The molecule has 2 aromatic heterocycles. The molecule has 7 nitrogen and oxygen atoms in total. The van der Waals surface area contributed by atoms with Gasteiger partial charge in [0.25, 0.3) is 11.6 Å². The van der Waals surface area contributed by atoms with Crippen LogP contribution in [0.25, 0.3) is 17.0 Å². The highest BCUT2D eigenvalue weighted by molar-refractivity contribution is 6.44. The summed E-state index contributed by atoms with van der Waals surface area (Å²) in [4.78, 5) is 27.9. The molecule has 2 amide bonds. The Balaban J connectivity index is 1.98. The fourth-order valence-electron chi connectivity index (χ4n) is 3.87. The van der Waals surface area contributed by atoms with Gasteiger partial charge in [0.05, 0.1) is 11.4 Å². The number of imide groups is 1. The van der Waals surface area contributed by atoms with Crippen molar-refractivity contribution >= 4 is 34.7 Å². The number of benzene rings is 1. The van der Waals surface area contributed by atoms with Crippen LogP contribution < -0.4 is 9.67 Å². The van der Waals surface area contributed by atoms with Crippen molar-refractivity contribution in [2.24, 2.45) is 0 Å². The minimum absolute atomic E-state index is 0.105. The van der Waals surface area contributed by atoms with Crippen LogP contribution in [0.1, 0.15) is 37.9 Å². The van der Waals surface area contributed by atoms with Gasteiger partial charge in [-0.05, 0) is 43.0 Å². The highest BCUT2D eigenvalue weighted by Gasteiger charge is 2.46. The Morgan fingerprint density at radius 3 is 2.31 bits per heavy atom. The Labute approximate surface area is 191 Å². The largest absolute Gasteiger partial charge is 0.858 e. The van der Waals surface area contributed by atoms with Crippen molar-refractivity contribution in [3.05, 3.63) is 71.1 Å². The molecule has 0 fully saturated rings. The van der Waals surface area contributed by atoms with Crippen LogP contribution >= 0.6 is 11.6 Å². The van der Waals surface area contributed by atoms with Crippen molar-refractivity contribution in [2.75, 3.05) is 6.54 Å². The standard InChI is InChI=1S/C24H23ClN4O3/c1-3-8-18-19(23(31)29(26-18)17-11-9-16(25)10-12-17)20-21(27-14-6-5-7-15-27)24(32)28(13-4-2)22(20)30/h5-7,9-12,14-15H,3-4,8,13H2,1-2H3. The number of hydrogen-bond donors (Lipinski definition) is 0. The zero-order valence-corrected chi connectivity index (χ0v) is 18.7. The van der Waals surface area contributed by atoms with Crippen molar-refractivity contribution in [3.63, 3.8) is 0 Å². The molecule has 3 aromatic rings. The van der Waals surface area contributed by atoms with Crippen LogP contribution in [0.5, 0.6) is 5.88 Å². The molecule has 8 heteroatoms. The van der Waals surface area contributed by atoms with Crippen LogP contribution in [0.3, 0.4) is 0 Å². The van der Waals surface area contributed by atoms with Gasteiger partial charge >= 0.3 is 5.91 Å². The second-order valence-corrected chi connectivity index (χ2v) is 7.97. The number of carbonyl (C=O) groups is 2. The molecule has 1 aromatic carbocycles. The molecule has 1 aliphatic heterocycles. The van der Waals surface area contributed by atoms with Gasteiger partial charge in [0.1, 0.15) is 5.57 Å². The predicted molar refractivity (Wildman–Crippen MR) is 119 cm³/mol. The Bertz CT molecular complexity index is 1200. The molecule has 0 unspecified atom stereocenters. The molecule has 1 aliphatic rings. The van der Waals surface area contributed by atoms with Gasteiger partial charge in [-0.15, -0.1) is 0 Å². The van der Waals surface area contributed by atoms with E-state index < -0.39 is 17.7 Å². The molecule has 0 bridgehead atoms. The number of hydrogen-bond acceptors (Lipinski definition) is 4. The van der Waals surface area contributed by atoms with E-state index in [2.05, 4.69) is 5.10 Å². The van der Waals surface area contributed by atoms with Gasteiger partial charge in [0.15, 0.2) is 12.4 Å². The van der Waals surface area contributed by atoms with Gasteiger partial charge in [0, 0.05) is 29.3 Å². The number of halogens is 1. The lowest BCUT2D eigenvalue weighted by Crippen LogP contribution is -2.39. The van der Waals surface area contributed by atoms with E-state index in [9.17, 15) is 14.7 Å². The number of aromatic nitrogens is 3. The number of aryl methyl sites for hydroxylation is 1. The first-order valence-corrected chi connectivity index (χ1v) is 11.0. The van der Waals surface area contributed by atoms with Crippen LogP contribution in [0.4, 0.5) is 0 Å². The lowest BCUT2D eigenvalue weighted by molar-refractivity contribution is -0.576. The number of nitrogens with zero attached hydrogens (tertiary/aromatic N) is 4. The molecule has 4 rings (SSSR count). The molecule has 3 heterocycles. The predicted octanol–water partition coefficient (Wildman–Crippen LogP) is 2.99. The molecule has 0 spiro atoms. The Kier molecular flexibility index (Phi) is 6.10. The summed E-state index contributed by atoms with van der Waals surface area (Å²) in [5, 5.41) is 18.7. The van der Waals surface area contributed by atoms with Crippen LogP contribution in [-0.4, -0.2) is 33.0 Å². The molecule has 164 valence electrons. The summed E-state index contributed by atoms with van der Waals surface area (Å²) in [6.45, 7) is 4.15. The minimum Gasteiger partial charge on any atom is -0.858 e. The summed E-state index contributed by atoms with van der Waals surface area (Å²) < 4.78 is 2.87. The summed E-state index contributed by atoms with van der Waals surface area (Å²) in [7, 11) is 0. The average molecular weight is 451 g/mol. The lowest BCUT2D eigenvalue weighted by atomic mass is 10.0. The average Bonchev–Trinajstić information content (AvgIpc) is 3.23. The van der Waals surface area contributed by atoms with Gasteiger partial charge in [-0.1, -0.05) is 37.9 Å². The van der Waals surface area contributed by atoms with Crippen molar-refractivity contribution in [1.29, 1.82) is 0 Å². The van der Waals surface area contributed by atoms with E-state index in [1.807, 2.05) is 19.9 Å². The summed E-state index contributed by atoms with van der Waals surface area (Å²) in [5.41, 5.74) is 1.50. The molecule has 0 aliphatic carbocycles. The minimum atomic E-state index is -0.465. The zero-order valence-electron chi connectivity index (χ0n) is 17.9. The monoisotopic (exact) mass is 450 g/mol. The van der Waals surface area contributed by atoms with E-state index in [4.69, 9.17) is 11.6 Å². The molecule has 0 N–H and O–H groups in total. The summed E-state index contributed by atoms with van der Waals surface area (Å²) in [6, 6.07) is 12.1. The second-order valence-electron chi connectivity index (χ2n) is 7.53. The molecule has 0 atom stereocenters. The number of rotatable bonds is 7. The maximum absolute atomic E-state index is 13.6. The third kappa shape index (κ3) is 3.69. The van der Waals surface area contributed by atoms with Gasteiger partial charge < -0.3 is 5.11 Å². The molecule has 0 radical (unpaired) electrons. The van der Waals surface area contributed by atoms with Crippen LogP contribution in [0.15, 0.2) is 54.9 Å². The first kappa shape index (κ1) is 21.8. The van der Waals surface area contributed by atoms with E-state index in [-0.39, 0.29) is 23.4 Å². The maximum Gasteiger partial charge on any atom is 0.326 e. The van der Waals surface area contributed by atoms with E-state index >= 15 is 0 Å². The van der Waals surface area contributed by atoms with Gasteiger partial charge in [0.2, 0.25) is 0 Å².